The third-order valence-corrected chi connectivity index (χ3v) is 5.39. The lowest BCUT2D eigenvalue weighted by Crippen LogP contribution is -2.14. The summed E-state index contributed by atoms with van der Waals surface area (Å²) < 4.78 is 54.9. The zero-order chi connectivity index (χ0) is 19.6. The number of aryl methyl sites for hydroxylation is 2. The van der Waals surface area contributed by atoms with Gasteiger partial charge in [-0.25, -0.2) is 22.2 Å². The quantitative estimate of drug-likeness (QED) is 0.673. The van der Waals surface area contributed by atoms with Gasteiger partial charge in [0.05, 0.1) is 16.8 Å². The number of benzene rings is 2. The fourth-order valence-electron chi connectivity index (χ4n) is 2.58. The van der Waals surface area contributed by atoms with E-state index >= 15 is 0 Å². The van der Waals surface area contributed by atoms with E-state index in [-0.39, 0.29) is 22.1 Å². The van der Waals surface area contributed by atoms with E-state index in [4.69, 9.17) is 0 Å². The van der Waals surface area contributed by atoms with Gasteiger partial charge in [0.25, 0.3) is 10.0 Å². The molecule has 0 fully saturated rings. The summed E-state index contributed by atoms with van der Waals surface area (Å²) in [6, 6.07) is 11.4. The number of rotatable bonds is 5. The number of para-hydroxylation sites is 1. The third kappa shape index (κ3) is 4.22. The average molecular weight is 389 g/mol. The molecule has 2 N–H and O–H groups in total. The molecule has 1 aromatic heterocycles. The standard InChI is InChI=1S/C19H17F2N3O2S/c1-12-6-8-17(13(2)10-12)27(25,26)24-14-7-9-18(22-11-14)23-19-15(20)4-3-5-16(19)21/h3-11,24H,1-2H3,(H,22,23). The Hall–Kier alpha value is -3.00. The van der Waals surface area contributed by atoms with Gasteiger partial charge in [0, 0.05) is 0 Å². The molecule has 0 aliphatic rings. The minimum atomic E-state index is -3.78. The van der Waals surface area contributed by atoms with E-state index in [1.54, 1.807) is 19.1 Å². The first-order chi connectivity index (χ1) is 12.8. The van der Waals surface area contributed by atoms with Crippen molar-refractivity contribution in [3.8, 4) is 0 Å². The first-order valence-electron chi connectivity index (χ1n) is 8.03. The molecule has 0 bridgehead atoms. The Morgan fingerprint density at radius 3 is 2.26 bits per heavy atom. The van der Waals surface area contributed by atoms with Crippen LogP contribution in [0.2, 0.25) is 0 Å². The van der Waals surface area contributed by atoms with Gasteiger partial charge in [-0.3, -0.25) is 4.72 Å². The van der Waals surface area contributed by atoms with Gasteiger partial charge in [0.1, 0.15) is 23.1 Å². The average Bonchev–Trinajstić information content (AvgIpc) is 2.59. The van der Waals surface area contributed by atoms with E-state index < -0.39 is 21.7 Å². The molecule has 1 heterocycles. The maximum absolute atomic E-state index is 13.7. The van der Waals surface area contributed by atoms with Crippen LogP contribution in [0.1, 0.15) is 11.1 Å². The molecule has 0 spiro atoms. The van der Waals surface area contributed by atoms with Crippen LogP contribution in [0.4, 0.5) is 26.0 Å². The zero-order valence-electron chi connectivity index (χ0n) is 14.6. The number of nitrogens with one attached hydrogen (secondary N) is 2. The van der Waals surface area contributed by atoms with Gasteiger partial charge in [0.2, 0.25) is 0 Å². The molecule has 3 aromatic rings. The first kappa shape index (κ1) is 18.8. The highest BCUT2D eigenvalue weighted by atomic mass is 32.2. The predicted octanol–water partition coefficient (Wildman–Crippen LogP) is 4.52. The number of hydrogen-bond donors (Lipinski definition) is 2. The van der Waals surface area contributed by atoms with Crippen molar-refractivity contribution in [3.05, 3.63) is 77.5 Å². The summed E-state index contributed by atoms with van der Waals surface area (Å²) >= 11 is 0. The Morgan fingerprint density at radius 1 is 0.963 bits per heavy atom. The first-order valence-corrected chi connectivity index (χ1v) is 9.52. The van der Waals surface area contributed by atoms with Gasteiger partial charge in [0.15, 0.2) is 0 Å². The Kier molecular flexibility index (Phi) is 5.09. The molecule has 0 atom stereocenters. The molecule has 0 radical (unpaired) electrons. The predicted molar refractivity (Wildman–Crippen MR) is 101 cm³/mol. The van der Waals surface area contributed by atoms with Crippen molar-refractivity contribution in [2.24, 2.45) is 0 Å². The van der Waals surface area contributed by atoms with Crippen LogP contribution in [0.15, 0.2) is 59.6 Å². The van der Waals surface area contributed by atoms with Crippen LogP contribution in [0.25, 0.3) is 0 Å². The van der Waals surface area contributed by atoms with E-state index in [0.717, 1.165) is 17.7 Å². The summed E-state index contributed by atoms with van der Waals surface area (Å²) in [6.45, 7) is 3.60. The van der Waals surface area contributed by atoms with Crippen molar-refractivity contribution in [1.29, 1.82) is 0 Å². The molecule has 27 heavy (non-hydrogen) atoms. The fourth-order valence-corrected chi connectivity index (χ4v) is 3.86. The van der Waals surface area contributed by atoms with Gasteiger partial charge in [-0.05, 0) is 49.7 Å². The summed E-state index contributed by atoms with van der Waals surface area (Å²) in [6.07, 6.45) is 1.27. The highest BCUT2D eigenvalue weighted by molar-refractivity contribution is 7.92. The molecule has 0 unspecified atom stereocenters. The van der Waals surface area contributed by atoms with Crippen LogP contribution in [-0.2, 0) is 10.0 Å². The lowest BCUT2D eigenvalue weighted by atomic mass is 10.2. The summed E-state index contributed by atoms with van der Waals surface area (Å²) in [5.41, 5.74) is 1.50. The van der Waals surface area contributed by atoms with E-state index in [2.05, 4.69) is 15.0 Å². The zero-order valence-corrected chi connectivity index (χ0v) is 15.4. The van der Waals surface area contributed by atoms with E-state index in [0.29, 0.717) is 5.56 Å². The molecule has 0 saturated carbocycles. The SMILES string of the molecule is Cc1ccc(S(=O)(=O)Nc2ccc(Nc3c(F)cccc3F)nc2)c(C)c1. The highest BCUT2D eigenvalue weighted by Crippen LogP contribution is 2.24. The second kappa shape index (κ2) is 7.32. The molecule has 0 aliphatic heterocycles. The molecule has 0 saturated heterocycles. The minimum absolute atomic E-state index is 0.170. The van der Waals surface area contributed by atoms with Crippen LogP contribution in [0, 0.1) is 25.5 Å². The second-order valence-electron chi connectivity index (χ2n) is 6.03. The number of hydrogen-bond acceptors (Lipinski definition) is 4. The van der Waals surface area contributed by atoms with Crippen molar-refractivity contribution < 1.29 is 17.2 Å². The Bertz CT molecular complexity index is 1060. The number of nitrogens with zero attached hydrogens (tertiary/aromatic N) is 1. The highest BCUT2D eigenvalue weighted by Gasteiger charge is 2.17. The number of pyridine rings is 1. The Balaban J connectivity index is 1.79. The van der Waals surface area contributed by atoms with Crippen LogP contribution in [0.5, 0.6) is 0 Å². The van der Waals surface area contributed by atoms with Gasteiger partial charge in [-0.1, -0.05) is 23.8 Å². The minimum Gasteiger partial charge on any atom is -0.335 e. The smallest absolute Gasteiger partial charge is 0.262 e. The molecule has 8 heteroatoms. The summed E-state index contributed by atoms with van der Waals surface area (Å²) in [4.78, 5) is 4.17. The van der Waals surface area contributed by atoms with Crippen molar-refractivity contribution in [3.63, 3.8) is 0 Å². The van der Waals surface area contributed by atoms with Gasteiger partial charge < -0.3 is 5.32 Å². The van der Waals surface area contributed by atoms with E-state index in [9.17, 15) is 17.2 Å². The Morgan fingerprint density at radius 2 is 1.67 bits per heavy atom. The van der Waals surface area contributed by atoms with Crippen LogP contribution >= 0.6 is 0 Å². The maximum atomic E-state index is 13.7. The monoisotopic (exact) mass is 389 g/mol. The van der Waals surface area contributed by atoms with Gasteiger partial charge >= 0.3 is 0 Å². The van der Waals surface area contributed by atoms with Gasteiger partial charge in [-0.15, -0.1) is 0 Å². The number of halogens is 2. The molecular formula is C19H17F2N3O2S. The molecule has 2 aromatic carbocycles. The lowest BCUT2D eigenvalue weighted by Gasteiger charge is -2.12. The topological polar surface area (TPSA) is 71.1 Å². The molecule has 0 aliphatic carbocycles. The summed E-state index contributed by atoms with van der Waals surface area (Å²) in [7, 11) is -3.78. The van der Waals surface area contributed by atoms with Crippen LogP contribution < -0.4 is 10.0 Å². The lowest BCUT2D eigenvalue weighted by molar-refractivity contribution is 0.590. The van der Waals surface area contributed by atoms with Crippen molar-refractivity contribution in [2.75, 3.05) is 10.0 Å². The van der Waals surface area contributed by atoms with Gasteiger partial charge in [-0.2, -0.15) is 0 Å². The summed E-state index contributed by atoms with van der Waals surface area (Å²) in [5.74, 6) is -1.33. The largest absolute Gasteiger partial charge is 0.335 e. The number of sulfonamides is 1. The molecule has 140 valence electrons. The van der Waals surface area contributed by atoms with E-state index in [1.165, 1.54) is 30.5 Å². The van der Waals surface area contributed by atoms with Crippen LogP contribution in [-0.4, -0.2) is 13.4 Å². The van der Waals surface area contributed by atoms with Crippen molar-refractivity contribution >= 4 is 27.2 Å². The second-order valence-corrected chi connectivity index (χ2v) is 7.68. The molecule has 0 amide bonds. The van der Waals surface area contributed by atoms with Crippen molar-refractivity contribution in [2.45, 2.75) is 18.7 Å². The maximum Gasteiger partial charge on any atom is 0.262 e. The fraction of sp³-hybridized carbons (Fsp3) is 0.105. The van der Waals surface area contributed by atoms with Crippen molar-refractivity contribution in [1.82, 2.24) is 4.98 Å². The number of aromatic nitrogens is 1. The Labute approximate surface area is 156 Å². The molecular weight excluding hydrogens is 372 g/mol. The van der Waals surface area contributed by atoms with Crippen LogP contribution in [0.3, 0.4) is 0 Å². The molecule has 5 nitrogen and oxygen atoms in total. The third-order valence-electron chi connectivity index (χ3n) is 3.85. The summed E-state index contributed by atoms with van der Waals surface area (Å²) in [5, 5.41) is 2.54. The molecule has 3 rings (SSSR count). The van der Waals surface area contributed by atoms with E-state index in [1.807, 2.05) is 6.92 Å². The normalized spacial score (nSPS) is 11.3. The number of anilines is 3.